The van der Waals surface area contributed by atoms with Crippen molar-refractivity contribution in [2.24, 2.45) is 0 Å². The summed E-state index contributed by atoms with van der Waals surface area (Å²) in [7, 11) is -3.35. The standard InChI is InChI=1S/C16H22N2O3S/c1-16(12-14(19)9-11-18(16)22(2,20)21)17-10-5-7-13-6-3-4-8-15(13)17/h3-8,14,19H,9-12H2,1-2H3. The summed E-state index contributed by atoms with van der Waals surface area (Å²) in [4.78, 5) is 2.09. The number of sulfonamides is 1. The Morgan fingerprint density at radius 3 is 2.77 bits per heavy atom. The number of aliphatic hydroxyl groups excluding tert-OH is 1. The zero-order valence-corrected chi connectivity index (χ0v) is 13.8. The third kappa shape index (κ3) is 2.55. The lowest BCUT2D eigenvalue weighted by Gasteiger charge is -2.52. The van der Waals surface area contributed by atoms with Crippen LogP contribution in [-0.2, 0) is 10.0 Å². The Morgan fingerprint density at radius 2 is 2.05 bits per heavy atom. The molecular formula is C16H22N2O3S. The van der Waals surface area contributed by atoms with Crippen molar-refractivity contribution in [3.63, 3.8) is 0 Å². The molecule has 6 heteroatoms. The van der Waals surface area contributed by atoms with Gasteiger partial charge in [-0.15, -0.1) is 0 Å². The lowest BCUT2D eigenvalue weighted by atomic mass is 9.92. The van der Waals surface area contributed by atoms with E-state index in [0.29, 0.717) is 25.9 Å². The Morgan fingerprint density at radius 1 is 1.32 bits per heavy atom. The Bertz CT molecular complexity index is 701. The summed E-state index contributed by atoms with van der Waals surface area (Å²) >= 11 is 0. The van der Waals surface area contributed by atoms with Gasteiger partial charge in [0.25, 0.3) is 0 Å². The van der Waals surface area contributed by atoms with Crippen LogP contribution in [0.2, 0.25) is 0 Å². The summed E-state index contributed by atoms with van der Waals surface area (Å²) in [6.45, 7) is 2.89. The average molecular weight is 322 g/mol. The van der Waals surface area contributed by atoms with Crippen LogP contribution in [0.15, 0.2) is 30.3 Å². The Labute approximate surface area is 131 Å². The Balaban J connectivity index is 2.08. The number of para-hydroxylation sites is 1. The van der Waals surface area contributed by atoms with Crippen molar-refractivity contribution in [3.05, 3.63) is 35.9 Å². The molecule has 0 aromatic heterocycles. The largest absolute Gasteiger partial charge is 0.393 e. The SMILES string of the molecule is CC1(N2CC=Cc3ccccc32)CC(O)CCN1S(C)(=O)=O. The van der Waals surface area contributed by atoms with Gasteiger partial charge in [-0.1, -0.05) is 30.4 Å². The first-order valence-corrected chi connectivity index (χ1v) is 9.36. The van der Waals surface area contributed by atoms with Gasteiger partial charge in [0, 0.05) is 25.2 Å². The van der Waals surface area contributed by atoms with Gasteiger partial charge in [-0.2, -0.15) is 4.31 Å². The molecule has 0 saturated carbocycles. The van der Waals surface area contributed by atoms with Gasteiger partial charge in [0.2, 0.25) is 10.0 Å². The van der Waals surface area contributed by atoms with Crippen molar-refractivity contribution in [2.75, 3.05) is 24.2 Å². The van der Waals surface area contributed by atoms with E-state index in [2.05, 4.69) is 11.0 Å². The zero-order chi connectivity index (χ0) is 16.0. The third-order valence-electron chi connectivity index (χ3n) is 4.62. The molecule has 2 aliphatic rings. The van der Waals surface area contributed by atoms with E-state index in [1.165, 1.54) is 10.6 Å². The maximum atomic E-state index is 12.3. The van der Waals surface area contributed by atoms with Gasteiger partial charge in [0.1, 0.15) is 5.66 Å². The molecule has 0 aliphatic carbocycles. The van der Waals surface area contributed by atoms with Crippen molar-refractivity contribution in [1.29, 1.82) is 0 Å². The number of hydrogen-bond acceptors (Lipinski definition) is 4. The van der Waals surface area contributed by atoms with Gasteiger partial charge >= 0.3 is 0 Å². The van der Waals surface area contributed by atoms with E-state index in [-0.39, 0.29) is 0 Å². The lowest BCUT2D eigenvalue weighted by molar-refractivity contribution is 0.0344. The number of aliphatic hydroxyl groups is 1. The monoisotopic (exact) mass is 322 g/mol. The molecule has 2 heterocycles. The van der Waals surface area contributed by atoms with Gasteiger partial charge in [0.15, 0.2) is 0 Å². The minimum absolute atomic E-state index is 0.346. The fourth-order valence-corrected chi connectivity index (χ4v) is 4.96. The molecule has 0 spiro atoms. The second kappa shape index (κ2) is 5.37. The fourth-order valence-electron chi connectivity index (χ4n) is 3.64. The summed E-state index contributed by atoms with van der Waals surface area (Å²) < 4.78 is 26.1. The van der Waals surface area contributed by atoms with Crippen LogP contribution in [0.4, 0.5) is 5.69 Å². The van der Waals surface area contributed by atoms with Crippen LogP contribution in [0, 0.1) is 0 Å². The summed E-state index contributed by atoms with van der Waals surface area (Å²) in [5.74, 6) is 0. The maximum Gasteiger partial charge on any atom is 0.213 e. The van der Waals surface area contributed by atoms with Crippen LogP contribution >= 0.6 is 0 Å². The summed E-state index contributed by atoms with van der Waals surface area (Å²) in [5.41, 5.74) is 1.32. The Hall–Kier alpha value is -1.37. The molecule has 2 aliphatic heterocycles. The number of nitrogens with zero attached hydrogens (tertiary/aromatic N) is 2. The third-order valence-corrected chi connectivity index (χ3v) is 6.00. The number of hydrogen-bond donors (Lipinski definition) is 1. The number of anilines is 1. The predicted octanol–water partition coefficient (Wildman–Crippen LogP) is 1.65. The second-order valence-corrected chi connectivity index (χ2v) is 8.18. The van der Waals surface area contributed by atoms with Gasteiger partial charge in [0.05, 0.1) is 12.4 Å². The molecule has 0 amide bonds. The van der Waals surface area contributed by atoms with Gasteiger partial charge in [-0.05, 0) is 25.0 Å². The highest BCUT2D eigenvalue weighted by Crippen LogP contribution is 2.39. The number of piperidine rings is 1. The number of fused-ring (bicyclic) bond motifs is 1. The van der Waals surface area contributed by atoms with Gasteiger partial charge in [-0.25, -0.2) is 8.42 Å². The van der Waals surface area contributed by atoms with Crippen LogP contribution in [0.5, 0.6) is 0 Å². The molecular weight excluding hydrogens is 300 g/mol. The van der Waals surface area contributed by atoms with Crippen LogP contribution in [-0.4, -0.2) is 48.9 Å². The fraction of sp³-hybridized carbons (Fsp3) is 0.500. The van der Waals surface area contributed by atoms with Crippen LogP contribution in [0.3, 0.4) is 0 Å². The molecule has 2 atom stereocenters. The molecule has 120 valence electrons. The summed E-state index contributed by atoms with van der Waals surface area (Å²) in [6.07, 6.45) is 5.74. The highest BCUT2D eigenvalue weighted by Gasteiger charge is 2.47. The first kappa shape index (κ1) is 15.5. The lowest BCUT2D eigenvalue weighted by Crippen LogP contribution is -2.65. The van der Waals surface area contributed by atoms with Crippen molar-refractivity contribution < 1.29 is 13.5 Å². The maximum absolute atomic E-state index is 12.3. The van der Waals surface area contributed by atoms with Crippen molar-refractivity contribution in [3.8, 4) is 0 Å². The quantitative estimate of drug-likeness (QED) is 0.899. The molecule has 3 rings (SSSR count). The highest BCUT2D eigenvalue weighted by atomic mass is 32.2. The minimum Gasteiger partial charge on any atom is -0.393 e. The van der Waals surface area contributed by atoms with E-state index in [4.69, 9.17) is 0 Å². The van der Waals surface area contributed by atoms with E-state index in [9.17, 15) is 13.5 Å². The van der Waals surface area contributed by atoms with Gasteiger partial charge < -0.3 is 10.0 Å². The molecule has 1 fully saturated rings. The molecule has 0 bridgehead atoms. The van der Waals surface area contributed by atoms with Crippen LogP contribution in [0.1, 0.15) is 25.3 Å². The van der Waals surface area contributed by atoms with Gasteiger partial charge in [-0.3, -0.25) is 0 Å². The minimum atomic E-state index is -3.35. The van der Waals surface area contributed by atoms with E-state index in [1.807, 2.05) is 37.3 Å². The van der Waals surface area contributed by atoms with Crippen molar-refractivity contribution in [1.82, 2.24) is 4.31 Å². The van der Waals surface area contributed by atoms with E-state index in [1.54, 1.807) is 0 Å². The summed E-state index contributed by atoms with van der Waals surface area (Å²) in [5, 5.41) is 10.1. The summed E-state index contributed by atoms with van der Waals surface area (Å²) in [6, 6.07) is 7.95. The molecule has 22 heavy (non-hydrogen) atoms. The molecule has 5 nitrogen and oxygen atoms in total. The Kier molecular flexibility index (Phi) is 3.79. The smallest absolute Gasteiger partial charge is 0.213 e. The second-order valence-electron chi connectivity index (χ2n) is 6.27. The molecule has 1 aromatic carbocycles. The average Bonchev–Trinajstić information content (AvgIpc) is 2.45. The molecule has 2 unspecified atom stereocenters. The van der Waals surface area contributed by atoms with E-state index < -0.39 is 21.8 Å². The van der Waals surface area contributed by atoms with Crippen LogP contribution in [0.25, 0.3) is 6.08 Å². The number of benzene rings is 1. The van der Waals surface area contributed by atoms with Crippen molar-refractivity contribution in [2.45, 2.75) is 31.5 Å². The molecule has 0 radical (unpaired) electrons. The van der Waals surface area contributed by atoms with Crippen molar-refractivity contribution >= 4 is 21.8 Å². The molecule has 1 aromatic rings. The number of rotatable bonds is 2. The molecule has 1 saturated heterocycles. The highest BCUT2D eigenvalue weighted by molar-refractivity contribution is 7.88. The topological polar surface area (TPSA) is 60.9 Å². The van der Waals surface area contributed by atoms with E-state index in [0.717, 1.165) is 11.3 Å². The normalized spacial score (nSPS) is 29.4. The predicted molar refractivity (Wildman–Crippen MR) is 88.0 cm³/mol. The first-order valence-electron chi connectivity index (χ1n) is 7.51. The van der Waals surface area contributed by atoms with E-state index >= 15 is 0 Å². The first-order chi connectivity index (χ1) is 10.3. The van der Waals surface area contributed by atoms with Crippen LogP contribution < -0.4 is 4.90 Å². The zero-order valence-electron chi connectivity index (χ0n) is 12.9. The molecule has 1 N–H and O–H groups in total.